The predicted molar refractivity (Wildman–Crippen MR) is 106 cm³/mol. The third kappa shape index (κ3) is 3.53. The van der Waals surface area contributed by atoms with Gasteiger partial charge in [0.2, 0.25) is 0 Å². The van der Waals surface area contributed by atoms with Crippen molar-refractivity contribution in [3.63, 3.8) is 0 Å². The number of nitrogen functional groups attached to an aromatic ring is 1. The van der Waals surface area contributed by atoms with Crippen molar-refractivity contribution in [1.82, 2.24) is 10.3 Å². The van der Waals surface area contributed by atoms with E-state index in [2.05, 4.69) is 5.32 Å². The lowest BCUT2D eigenvalue weighted by molar-refractivity contribution is 0.184. The molecule has 1 aliphatic rings. The molecule has 0 spiro atoms. The van der Waals surface area contributed by atoms with Crippen LogP contribution in [-0.2, 0) is 6.42 Å². The number of benzene rings is 2. The van der Waals surface area contributed by atoms with Crippen LogP contribution in [-0.4, -0.2) is 44.1 Å². The first kappa shape index (κ1) is 18.6. The molecule has 2 aromatic carbocycles. The van der Waals surface area contributed by atoms with Crippen LogP contribution in [0.5, 0.6) is 11.5 Å². The van der Waals surface area contributed by atoms with Gasteiger partial charge in [0, 0.05) is 23.9 Å². The summed E-state index contributed by atoms with van der Waals surface area (Å²) in [7, 11) is 4.80. The van der Waals surface area contributed by atoms with Gasteiger partial charge in [-0.15, -0.1) is 0 Å². The first-order valence-electron chi connectivity index (χ1n) is 8.69. The number of ether oxygens (including phenoxy) is 2. The maximum atomic E-state index is 12.4. The summed E-state index contributed by atoms with van der Waals surface area (Å²) in [4.78, 5) is 12.4. The molecule has 7 heteroatoms. The van der Waals surface area contributed by atoms with Gasteiger partial charge in [0.25, 0.3) is 0 Å². The van der Waals surface area contributed by atoms with E-state index >= 15 is 0 Å². The predicted octanol–water partition coefficient (Wildman–Crippen LogP) is 2.62. The molecule has 1 atom stereocenters. The average Bonchev–Trinajstić information content (AvgIpc) is 2.82. The number of hydrazone groups is 1. The molecule has 142 valence electrons. The second-order valence-corrected chi connectivity index (χ2v) is 6.39. The van der Waals surface area contributed by atoms with Crippen molar-refractivity contribution in [3.05, 3.63) is 53.1 Å². The first-order valence-corrected chi connectivity index (χ1v) is 8.69. The summed E-state index contributed by atoms with van der Waals surface area (Å²) in [6, 6.07) is 10.9. The number of nitrogens with one attached hydrogen (secondary N) is 1. The molecule has 2 amide bonds. The fourth-order valence-corrected chi connectivity index (χ4v) is 3.19. The summed E-state index contributed by atoms with van der Waals surface area (Å²) < 4.78 is 10.9. The van der Waals surface area contributed by atoms with Crippen molar-refractivity contribution in [2.75, 3.05) is 27.0 Å². The Morgan fingerprint density at radius 1 is 1.19 bits per heavy atom. The minimum atomic E-state index is -0.262. The molecule has 0 saturated carbocycles. The number of rotatable bonds is 3. The summed E-state index contributed by atoms with van der Waals surface area (Å²) in [5.41, 5.74) is 9.97. The topological polar surface area (TPSA) is 89.2 Å². The zero-order valence-electron chi connectivity index (χ0n) is 15.9. The Kier molecular flexibility index (Phi) is 5.21. The van der Waals surface area contributed by atoms with Gasteiger partial charge in [0.05, 0.1) is 26.0 Å². The molecule has 0 bridgehead atoms. The summed E-state index contributed by atoms with van der Waals surface area (Å²) in [6.45, 7) is 1.96. The molecule has 27 heavy (non-hydrogen) atoms. The molecule has 1 unspecified atom stereocenters. The molecule has 3 rings (SSSR count). The van der Waals surface area contributed by atoms with Crippen LogP contribution in [0.3, 0.4) is 0 Å². The minimum Gasteiger partial charge on any atom is -0.493 e. The Hall–Kier alpha value is -3.22. The number of hydrogen-bond donors (Lipinski definition) is 2. The Labute approximate surface area is 158 Å². The summed E-state index contributed by atoms with van der Waals surface area (Å²) >= 11 is 0. The van der Waals surface area contributed by atoms with Crippen molar-refractivity contribution in [1.29, 1.82) is 0 Å². The fourth-order valence-electron chi connectivity index (χ4n) is 3.19. The highest BCUT2D eigenvalue weighted by molar-refractivity contribution is 6.14. The molecule has 0 radical (unpaired) electrons. The van der Waals surface area contributed by atoms with Crippen LogP contribution in [0.15, 0.2) is 41.5 Å². The van der Waals surface area contributed by atoms with Crippen LogP contribution in [0.25, 0.3) is 0 Å². The number of amides is 2. The summed E-state index contributed by atoms with van der Waals surface area (Å²) in [5.74, 6) is 1.26. The molecular formula is C20H24N4O3. The number of urea groups is 1. The maximum absolute atomic E-state index is 12.4. The number of nitrogens with zero attached hydrogens (tertiary/aromatic N) is 2. The molecule has 0 aliphatic carbocycles. The fraction of sp³-hybridized carbons (Fsp3) is 0.300. The number of fused-ring (bicyclic) bond motifs is 1. The molecule has 2 aromatic rings. The van der Waals surface area contributed by atoms with Crippen LogP contribution in [0, 0.1) is 0 Å². The molecule has 0 saturated heterocycles. The summed E-state index contributed by atoms with van der Waals surface area (Å²) in [6.07, 6.45) is 0.630. The lowest BCUT2D eigenvalue weighted by Crippen LogP contribution is -2.41. The van der Waals surface area contributed by atoms with Gasteiger partial charge in [0.1, 0.15) is 0 Å². The molecular weight excluding hydrogens is 344 g/mol. The highest BCUT2D eigenvalue weighted by Gasteiger charge is 2.28. The van der Waals surface area contributed by atoms with E-state index in [1.165, 1.54) is 5.01 Å². The number of methoxy groups -OCH3 is 2. The van der Waals surface area contributed by atoms with Crippen LogP contribution in [0.2, 0.25) is 0 Å². The third-order valence-corrected chi connectivity index (χ3v) is 4.61. The van der Waals surface area contributed by atoms with Gasteiger partial charge in [-0.1, -0.05) is 12.1 Å². The van der Waals surface area contributed by atoms with Gasteiger partial charge in [0.15, 0.2) is 11.5 Å². The second-order valence-electron chi connectivity index (χ2n) is 6.39. The van der Waals surface area contributed by atoms with Crippen LogP contribution >= 0.6 is 0 Å². The highest BCUT2D eigenvalue weighted by Crippen LogP contribution is 2.34. The largest absolute Gasteiger partial charge is 0.493 e. The zero-order chi connectivity index (χ0) is 19.6. The molecule has 3 N–H and O–H groups in total. The van der Waals surface area contributed by atoms with Crippen molar-refractivity contribution < 1.29 is 14.3 Å². The number of carbonyl (C=O) groups is 1. The summed E-state index contributed by atoms with van der Waals surface area (Å²) in [5, 5.41) is 8.83. The molecule has 7 nitrogen and oxygen atoms in total. The van der Waals surface area contributed by atoms with E-state index in [0.717, 1.165) is 16.7 Å². The van der Waals surface area contributed by atoms with Crippen molar-refractivity contribution >= 4 is 17.4 Å². The highest BCUT2D eigenvalue weighted by atomic mass is 16.5. The Morgan fingerprint density at radius 3 is 2.41 bits per heavy atom. The SMILES string of the molecule is CNC(=O)N1N=C(c2ccc(N)cc2)c2cc(OC)c(OC)cc2CC1C. The van der Waals surface area contributed by atoms with Gasteiger partial charge >= 0.3 is 6.03 Å². The first-order chi connectivity index (χ1) is 13.0. The normalized spacial score (nSPS) is 16.1. The van der Waals surface area contributed by atoms with E-state index in [1.54, 1.807) is 21.3 Å². The van der Waals surface area contributed by atoms with Crippen LogP contribution in [0.4, 0.5) is 10.5 Å². The van der Waals surface area contributed by atoms with E-state index in [4.69, 9.17) is 20.3 Å². The smallest absolute Gasteiger partial charge is 0.337 e. The Balaban J connectivity index is 2.24. The minimum absolute atomic E-state index is 0.131. The average molecular weight is 368 g/mol. The van der Waals surface area contributed by atoms with Crippen LogP contribution < -0.4 is 20.5 Å². The number of carbonyl (C=O) groups excluding carboxylic acids is 1. The molecule has 1 aliphatic heterocycles. The lowest BCUT2D eigenvalue weighted by atomic mass is 9.94. The van der Waals surface area contributed by atoms with Crippen molar-refractivity contribution in [3.8, 4) is 11.5 Å². The molecule has 0 aromatic heterocycles. The Bertz CT molecular complexity index is 878. The van der Waals surface area contributed by atoms with Gasteiger partial charge in [-0.2, -0.15) is 5.10 Å². The maximum Gasteiger partial charge on any atom is 0.337 e. The van der Waals surface area contributed by atoms with Gasteiger partial charge in [-0.3, -0.25) is 0 Å². The van der Waals surface area contributed by atoms with E-state index in [-0.39, 0.29) is 12.1 Å². The molecule has 1 heterocycles. The third-order valence-electron chi connectivity index (χ3n) is 4.61. The number of hydrogen-bond acceptors (Lipinski definition) is 5. The zero-order valence-corrected chi connectivity index (χ0v) is 15.9. The quantitative estimate of drug-likeness (QED) is 0.815. The number of nitrogens with two attached hydrogens (primary N) is 1. The van der Waals surface area contributed by atoms with Crippen molar-refractivity contribution in [2.45, 2.75) is 19.4 Å². The lowest BCUT2D eigenvalue weighted by Gasteiger charge is -2.22. The van der Waals surface area contributed by atoms with Gasteiger partial charge in [-0.05, 0) is 43.2 Å². The van der Waals surface area contributed by atoms with E-state index in [1.807, 2.05) is 43.3 Å². The molecule has 0 fully saturated rings. The second kappa shape index (κ2) is 7.57. The van der Waals surface area contributed by atoms with E-state index in [0.29, 0.717) is 29.3 Å². The number of anilines is 1. The Morgan fingerprint density at radius 2 is 1.81 bits per heavy atom. The van der Waals surface area contributed by atoms with E-state index in [9.17, 15) is 4.79 Å². The van der Waals surface area contributed by atoms with Gasteiger partial charge in [-0.25, -0.2) is 9.80 Å². The van der Waals surface area contributed by atoms with Crippen molar-refractivity contribution in [2.24, 2.45) is 5.10 Å². The standard InChI is InChI=1S/C20H24N4O3/c1-12-9-14-10-17(26-3)18(27-4)11-16(14)19(23-24(12)20(25)22-2)13-5-7-15(21)8-6-13/h5-8,10-12H,9,21H2,1-4H3,(H,22,25). The van der Waals surface area contributed by atoms with Gasteiger partial charge < -0.3 is 20.5 Å². The van der Waals surface area contributed by atoms with E-state index < -0.39 is 0 Å². The monoisotopic (exact) mass is 368 g/mol. The van der Waals surface area contributed by atoms with Crippen LogP contribution in [0.1, 0.15) is 23.6 Å².